The molecule has 2 unspecified atom stereocenters. The van der Waals surface area contributed by atoms with Gasteiger partial charge in [-0.1, -0.05) is 6.42 Å². The van der Waals surface area contributed by atoms with Crippen molar-refractivity contribution in [1.82, 2.24) is 10.3 Å². The van der Waals surface area contributed by atoms with Crippen LogP contribution in [0.4, 0.5) is 0 Å². The summed E-state index contributed by atoms with van der Waals surface area (Å²) in [7, 11) is 0. The van der Waals surface area contributed by atoms with Crippen LogP contribution in [0.3, 0.4) is 0 Å². The van der Waals surface area contributed by atoms with Crippen molar-refractivity contribution in [3.8, 4) is 0 Å². The number of esters is 1. The van der Waals surface area contributed by atoms with Gasteiger partial charge in [0.15, 0.2) is 0 Å². The Morgan fingerprint density at radius 3 is 3.11 bits per heavy atom. The van der Waals surface area contributed by atoms with Gasteiger partial charge in [-0.25, -0.2) is 4.98 Å². The monoisotopic (exact) mass is 282 g/mol. The number of carbonyl (C=O) groups excluding carboxylic acids is 1. The van der Waals surface area contributed by atoms with Crippen LogP contribution in [0.25, 0.3) is 0 Å². The molecule has 4 nitrogen and oxygen atoms in total. The molecule has 0 spiro atoms. The minimum atomic E-state index is -0.0286. The number of carbonyl (C=O) groups is 1. The summed E-state index contributed by atoms with van der Waals surface area (Å²) in [6, 6.07) is 0.410. The predicted octanol–water partition coefficient (Wildman–Crippen LogP) is 2.66. The highest BCUT2D eigenvalue weighted by Crippen LogP contribution is 2.25. The largest absolute Gasteiger partial charge is 0.466 e. The normalized spacial score (nSPS) is 23.3. The first-order chi connectivity index (χ1) is 9.19. The van der Waals surface area contributed by atoms with E-state index in [2.05, 4.69) is 17.2 Å². The molecule has 1 aromatic heterocycles. The van der Waals surface area contributed by atoms with E-state index in [1.807, 2.05) is 13.1 Å². The standard InChI is InChI=1S/C14H22N2O2S/c1-3-18-14(17)11-5-4-6-12(7-11)15-9-13-16-8-10(2)19-13/h8,11-12,15H,3-7,9H2,1-2H3. The van der Waals surface area contributed by atoms with Crippen molar-refractivity contribution in [2.24, 2.45) is 5.92 Å². The molecule has 0 aliphatic heterocycles. The number of aryl methyl sites for hydroxylation is 1. The van der Waals surface area contributed by atoms with Gasteiger partial charge in [0, 0.05) is 23.7 Å². The molecule has 0 radical (unpaired) electrons. The molecule has 1 aromatic rings. The van der Waals surface area contributed by atoms with E-state index >= 15 is 0 Å². The summed E-state index contributed by atoms with van der Waals surface area (Å²) in [4.78, 5) is 17.3. The maximum absolute atomic E-state index is 11.8. The van der Waals surface area contributed by atoms with E-state index in [0.717, 1.165) is 37.2 Å². The number of nitrogens with one attached hydrogen (secondary N) is 1. The van der Waals surface area contributed by atoms with Crippen molar-refractivity contribution >= 4 is 17.3 Å². The Bertz CT molecular complexity index is 419. The van der Waals surface area contributed by atoms with Gasteiger partial charge in [-0.15, -0.1) is 11.3 Å². The Hall–Kier alpha value is -0.940. The fraction of sp³-hybridized carbons (Fsp3) is 0.714. The first kappa shape index (κ1) is 14.5. The minimum Gasteiger partial charge on any atom is -0.466 e. The molecule has 1 N–H and O–H groups in total. The molecular formula is C14H22N2O2S. The Balaban J connectivity index is 1.79. The molecule has 1 aliphatic carbocycles. The van der Waals surface area contributed by atoms with Crippen LogP contribution < -0.4 is 5.32 Å². The molecule has 1 aliphatic rings. The number of ether oxygens (including phenoxy) is 1. The molecule has 19 heavy (non-hydrogen) atoms. The molecule has 1 heterocycles. The van der Waals surface area contributed by atoms with Crippen LogP contribution in [-0.2, 0) is 16.1 Å². The van der Waals surface area contributed by atoms with Crippen LogP contribution in [-0.4, -0.2) is 23.6 Å². The average molecular weight is 282 g/mol. The minimum absolute atomic E-state index is 0.0286. The van der Waals surface area contributed by atoms with Gasteiger partial charge in [0.05, 0.1) is 12.5 Å². The third kappa shape index (κ3) is 4.28. The van der Waals surface area contributed by atoms with E-state index in [1.165, 1.54) is 4.88 Å². The number of nitrogens with zero attached hydrogens (tertiary/aromatic N) is 1. The van der Waals surface area contributed by atoms with Gasteiger partial charge < -0.3 is 10.1 Å². The van der Waals surface area contributed by atoms with Gasteiger partial charge in [0.25, 0.3) is 0 Å². The van der Waals surface area contributed by atoms with E-state index in [9.17, 15) is 4.79 Å². The van der Waals surface area contributed by atoms with Gasteiger partial charge in [-0.2, -0.15) is 0 Å². The zero-order chi connectivity index (χ0) is 13.7. The highest BCUT2D eigenvalue weighted by Gasteiger charge is 2.27. The van der Waals surface area contributed by atoms with Crippen LogP contribution >= 0.6 is 11.3 Å². The SMILES string of the molecule is CCOC(=O)C1CCCC(NCc2ncc(C)s2)C1. The van der Waals surface area contributed by atoms with E-state index in [4.69, 9.17) is 4.74 Å². The third-order valence-electron chi connectivity index (χ3n) is 3.51. The summed E-state index contributed by atoms with van der Waals surface area (Å²) < 4.78 is 5.12. The van der Waals surface area contributed by atoms with Crippen LogP contribution in [0.5, 0.6) is 0 Å². The lowest BCUT2D eigenvalue weighted by molar-refractivity contribution is -0.149. The van der Waals surface area contributed by atoms with Crippen molar-refractivity contribution in [2.75, 3.05) is 6.61 Å². The van der Waals surface area contributed by atoms with Crippen LogP contribution in [0.1, 0.15) is 42.5 Å². The zero-order valence-corrected chi connectivity index (χ0v) is 12.5. The van der Waals surface area contributed by atoms with Crippen molar-refractivity contribution in [3.63, 3.8) is 0 Å². The summed E-state index contributed by atoms with van der Waals surface area (Å²) in [5.41, 5.74) is 0. The lowest BCUT2D eigenvalue weighted by atomic mass is 9.86. The zero-order valence-electron chi connectivity index (χ0n) is 11.6. The maximum atomic E-state index is 11.8. The van der Waals surface area contributed by atoms with Gasteiger partial charge in [-0.05, 0) is 33.1 Å². The van der Waals surface area contributed by atoms with Crippen molar-refractivity contribution in [2.45, 2.75) is 52.1 Å². The van der Waals surface area contributed by atoms with Gasteiger partial charge >= 0.3 is 5.97 Å². The van der Waals surface area contributed by atoms with Gasteiger partial charge in [0.2, 0.25) is 0 Å². The van der Waals surface area contributed by atoms with Gasteiger partial charge in [-0.3, -0.25) is 4.79 Å². The first-order valence-corrected chi connectivity index (χ1v) is 7.82. The summed E-state index contributed by atoms with van der Waals surface area (Å²) in [6.45, 7) is 5.21. The molecule has 0 amide bonds. The van der Waals surface area contributed by atoms with E-state index in [1.54, 1.807) is 11.3 Å². The maximum Gasteiger partial charge on any atom is 0.308 e. The smallest absolute Gasteiger partial charge is 0.308 e. The molecule has 1 fully saturated rings. The molecule has 5 heteroatoms. The molecule has 0 bridgehead atoms. The van der Waals surface area contributed by atoms with E-state index < -0.39 is 0 Å². The Labute approximate surface area is 118 Å². The fourth-order valence-corrected chi connectivity index (χ4v) is 3.30. The van der Waals surface area contributed by atoms with Crippen molar-refractivity contribution in [3.05, 3.63) is 16.1 Å². The molecule has 2 rings (SSSR count). The fourth-order valence-electron chi connectivity index (χ4n) is 2.56. The Morgan fingerprint density at radius 1 is 1.58 bits per heavy atom. The van der Waals surface area contributed by atoms with Crippen LogP contribution in [0.15, 0.2) is 6.20 Å². The molecule has 0 saturated heterocycles. The lowest BCUT2D eigenvalue weighted by Gasteiger charge is -2.28. The van der Waals surface area contributed by atoms with Crippen LogP contribution in [0, 0.1) is 12.8 Å². The molecule has 2 atom stereocenters. The van der Waals surface area contributed by atoms with Gasteiger partial charge in [0.1, 0.15) is 5.01 Å². The summed E-state index contributed by atoms with van der Waals surface area (Å²) >= 11 is 1.73. The topological polar surface area (TPSA) is 51.2 Å². The molecule has 1 saturated carbocycles. The number of hydrogen-bond acceptors (Lipinski definition) is 5. The Kier molecular flexibility index (Phi) is 5.34. The van der Waals surface area contributed by atoms with Crippen LogP contribution in [0.2, 0.25) is 0 Å². The second-order valence-corrected chi connectivity index (χ2v) is 6.38. The number of thiazole rings is 1. The third-order valence-corrected chi connectivity index (χ3v) is 4.42. The number of hydrogen-bond donors (Lipinski definition) is 1. The van der Waals surface area contributed by atoms with E-state index in [0.29, 0.717) is 12.6 Å². The second kappa shape index (κ2) is 7.01. The molecule has 106 valence electrons. The summed E-state index contributed by atoms with van der Waals surface area (Å²) in [6.07, 6.45) is 6.00. The van der Waals surface area contributed by atoms with Crippen molar-refractivity contribution in [1.29, 1.82) is 0 Å². The average Bonchev–Trinajstić information content (AvgIpc) is 2.83. The molecule has 0 aromatic carbocycles. The number of rotatable bonds is 5. The molecular weight excluding hydrogens is 260 g/mol. The van der Waals surface area contributed by atoms with Crippen molar-refractivity contribution < 1.29 is 9.53 Å². The summed E-state index contributed by atoms with van der Waals surface area (Å²) in [5.74, 6) is 0.0447. The van der Waals surface area contributed by atoms with E-state index in [-0.39, 0.29) is 11.9 Å². The summed E-state index contributed by atoms with van der Waals surface area (Å²) in [5, 5.41) is 4.64. The highest BCUT2D eigenvalue weighted by molar-refractivity contribution is 7.11. The number of aromatic nitrogens is 1. The Morgan fingerprint density at radius 2 is 2.42 bits per heavy atom. The quantitative estimate of drug-likeness (QED) is 0.844. The first-order valence-electron chi connectivity index (χ1n) is 7.00. The lowest BCUT2D eigenvalue weighted by Crippen LogP contribution is -2.36. The predicted molar refractivity (Wildman–Crippen MR) is 76.1 cm³/mol. The highest BCUT2D eigenvalue weighted by atomic mass is 32.1. The second-order valence-electron chi connectivity index (χ2n) is 5.06.